The van der Waals surface area contributed by atoms with E-state index in [1.807, 2.05) is 0 Å². The fourth-order valence-electron chi connectivity index (χ4n) is 3.42. The quantitative estimate of drug-likeness (QED) is 0.806. The number of rotatable bonds is 6. The van der Waals surface area contributed by atoms with Gasteiger partial charge < -0.3 is 10.1 Å². The minimum Gasteiger partial charge on any atom is -0.496 e. The minimum atomic E-state index is 0.349. The van der Waals surface area contributed by atoms with Crippen molar-refractivity contribution in [2.75, 3.05) is 13.7 Å². The zero-order valence-electron chi connectivity index (χ0n) is 14.1. The van der Waals surface area contributed by atoms with Gasteiger partial charge in [-0.15, -0.1) is 0 Å². The molecule has 1 aliphatic rings. The number of hydrogen-bond donors (Lipinski definition) is 1. The minimum absolute atomic E-state index is 0.349. The van der Waals surface area contributed by atoms with Gasteiger partial charge in [-0.25, -0.2) is 0 Å². The molecule has 1 N–H and O–H groups in total. The van der Waals surface area contributed by atoms with E-state index in [0.717, 1.165) is 24.1 Å². The van der Waals surface area contributed by atoms with E-state index in [1.54, 1.807) is 7.11 Å². The molecule has 0 bridgehead atoms. The summed E-state index contributed by atoms with van der Waals surface area (Å²) in [6.45, 7) is 7.87. The first kappa shape index (κ1) is 16.4. The van der Waals surface area contributed by atoms with Gasteiger partial charge in [0.25, 0.3) is 0 Å². The second-order valence-corrected chi connectivity index (χ2v) is 6.84. The van der Waals surface area contributed by atoms with E-state index in [-0.39, 0.29) is 0 Å². The maximum absolute atomic E-state index is 5.49. The van der Waals surface area contributed by atoms with Crippen molar-refractivity contribution in [2.24, 2.45) is 11.8 Å². The van der Waals surface area contributed by atoms with E-state index in [4.69, 9.17) is 4.74 Å². The van der Waals surface area contributed by atoms with Gasteiger partial charge in [0.15, 0.2) is 0 Å². The van der Waals surface area contributed by atoms with Crippen LogP contribution in [0.25, 0.3) is 0 Å². The van der Waals surface area contributed by atoms with Gasteiger partial charge in [0.1, 0.15) is 5.75 Å². The molecule has 0 aliphatic heterocycles. The zero-order chi connectivity index (χ0) is 15.2. The van der Waals surface area contributed by atoms with Crippen molar-refractivity contribution in [3.8, 4) is 5.75 Å². The lowest BCUT2D eigenvalue weighted by molar-refractivity contribution is 0.273. The Morgan fingerprint density at radius 1 is 1.24 bits per heavy atom. The molecule has 118 valence electrons. The summed E-state index contributed by atoms with van der Waals surface area (Å²) in [6.07, 6.45) is 7.00. The third kappa shape index (κ3) is 4.74. The molecule has 2 heteroatoms. The van der Waals surface area contributed by atoms with E-state index in [0.29, 0.717) is 6.04 Å². The van der Waals surface area contributed by atoms with Gasteiger partial charge in [-0.05, 0) is 44.7 Å². The second kappa shape index (κ2) is 7.84. The Morgan fingerprint density at radius 2 is 1.95 bits per heavy atom. The third-order valence-electron chi connectivity index (χ3n) is 4.99. The zero-order valence-corrected chi connectivity index (χ0v) is 14.1. The Morgan fingerprint density at radius 3 is 2.62 bits per heavy atom. The summed E-state index contributed by atoms with van der Waals surface area (Å²) in [4.78, 5) is 0. The van der Waals surface area contributed by atoms with Crippen molar-refractivity contribution in [3.05, 3.63) is 29.3 Å². The molecule has 0 spiro atoms. The molecule has 1 atom stereocenters. The summed E-state index contributed by atoms with van der Waals surface area (Å²) >= 11 is 0. The molecule has 2 nitrogen and oxygen atoms in total. The molecule has 1 saturated carbocycles. The Hall–Kier alpha value is -1.02. The van der Waals surface area contributed by atoms with Gasteiger partial charge in [-0.2, -0.15) is 0 Å². The Bertz CT molecular complexity index is 435. The highest BCUT2D eigenvalue weighted by Gasteiger charge is 2.18. The monoisotopic (exact) mass is 289 g/mol. The van der Waals surface area contributed by atoms with Crippen molar-refractivity contribution in [1.29, 1.82) is 0 Å². The average Bonchev–Trinajstić information content (AvgIpc) is 2.49. The molecule has 0 saturated heterocycles. The van der Waals surface area contributed by atoms with Crippen LogP contribution in [0.1, 0.15) is 63.1 Å². The number of benzene rings is 1. The summed E-state index contributed by atoms with van der Waals surface area (Å²) in [5, 5.41) is 3.68. The van der Waals surface area contributed by atoms with Gasteiger partial charge in [0.2, 0.25) is 0 Å². The summed E-state index contributed by atoms with van der Waals surface area (Å²) < 4.78 is 5.49. The SMILES string of the molecule is COc1ccc(C)cc1C(C)NCCC1CCC(C)CC1. The van der Waals surface area contributed by atoms with E-state index in [1.165, 1.54) is 43.2 Å². The van der Waals surface area contributed by atoms with Gasteiger partial charge in [0.05, 0.1) is 7.11 Å². The Balaban J connectivity index is 1.81. The van der Waals surface area contributed by atoms with Crippen LogP contribution in [0.3, 0.4) is 0 Å². The van der Waals surface area contributed by atoms with Crippen LogP contribution >= 0.6 is 0 Å². The molecule has 0 radical (unpaired) electrons. The molecule has 0 aromatic heterocycles. The molecule has 0 amide bonds. The molecule has 2 rings (SSSR count). The smallest absolute Gasteiger partial charge is 0.123 e. The third-order valence-corrected chi connectivity index (χ3v) is 4.99. The van der Waals surface area contributed by atoms with E-state index < -0.39 is 0 Å². The fraction of sp³-hybridized carbons (Fsp3) is 0.684. The molecule has 0 heterocycles. The molecular weight excluding hydrogens is 258 g/mol. The predicted octanol–water partition coefficient (Wildman–Crippen LogP) is 4.87. The molecule has 1 aliphatic carbocycles. The van der Waals surface area contributed by atoms with Gasteiger partial charge in [-0.1, -0.05) is 50.3 Å². The summed E-state index contributed by atoms with van der Waals surface area (Å²) in [5.41, 5.74) is 2.57. The van der Waals surface area contributed by atoms with Crippen molar-refractivity contribution in [1.82, 2.24) is 5.32 Å². The van der Waals surface area contributed by atoms with Crippen LogP contribution in [0.4, 0.5) is 0 Å². The number of ether oxygens (including phenoxy) is 1. The van der Waals surface area contributed by atoms with Crippen LogP contribution < -0.4 is 10.1 Å². The number of nitrogens with one attached hydrogen (secondary N) is 1. The Kier molecular flexibility index (Phi) is 6.10. The van der Waals surface area contributed by atoms with Gasteiger partial charge in [0, 0.05) is 11.6 Å². The van der Waals surface area contributed by atoms with Crippen LogP contribution in [-0.4, -0.2) is 13.7 Å². The topological polar surface area (TPSA) is 21.3 Å². The van der Waals surface area contributed by atoms with Crippen LogP contribution in [-0.2, 0) is 0 Å². The van der Waals surface area contributed by atoms with Crippen LogP contribution in [0.2, 0.25) is 0 Å². The molecule has 21 heavy (non-hydrogen) atoms. The van der Waals surface area contributed by atoms with Crippen molar-refractivity contribution >= 4 is 0 Å². The highest BCUT2D eigenvalue weighted by atomic mass is 16.5. The first-order valence-electron chi connectivity index (χ1n) is 8.48. The van der Waals surface area contributed by atoms with E-state index in [9.17, 15) is 0 Å². The fourth-order valence-corrected chi connectivity index (χ4v) is 3.42. The average molecular weight is 289 g/mol. The Labute approximate surface area is 130 Å². The lowest BCUT2D eigenvalue weighted by Gasteiger charge is -2.27. The summed E-state index contributed by atoms with van der Waals surface area (Å²) in [5.74, 6) is 2.87. The van der Waals surface area contributed by atoms with Crippen molar-refractivity contribution < 1.29 is 4.74 Å². The molecule has 1 unspecified atom stereocenters. The molecular formula is C19H31NO. The number of hydrogen-bond acceptors (Lipinski definition) is 2. The van der Waals surface area contributed by atoms with E-state index in [2.05, 4.69) is 44.3 Å². The van der Waals surface area contributed by atoms with Crippen molar-refractivity contribution in [2.45, 2.75) is 58.9 Å². The molecule has 1 aromatic carbocycles. The number of aryl methyl sites for hydroxylation is 1. The van der Waals surface area contributed by atoms with Crippen LogP contribution in [0.15, 0.2) is 18.2 Å². The maximum atomic E-state index is 5.49. The normalized spacial score (nSPS) is 23.8. The standard InChI is InChI=1S/C19H31NO/c1-14-5-8-17(9-6-14)11-12-20-16(3)18-13-15(2)7-10-19(18)21-4/h7,10,13-14,16-17,20H,5-6,8-9,11-12H2,1-4H3. The van der Waals surface area contributed by atoms with Crippen LogP contribution in [0.5, 0.6) is 5.75 Å². The first-order chi connectivity index (χ1) is 10.1. The highest BCUT2D eigenvalue weighted by molar-refractivity contribution is 5.38. The van der Waals surface area contributed by atoms with Gasteiger partial charge >= 0.3 is 0 Å². The van der Waals surface area contributed by atoms with E-state index >= 15 is 0 Å². The highest BCUT2D eigenvalue weighted by Crippen LogP contribution is 2.30. The molecule has 1 aromatic rings. The summed E-state index contributed by atoms with van der Waals surface area (Å²) in [7, 11) is 1.75. The summed E-state index contributed by atoms with van der Waals surface area (Å²) in [6, 6.07) is 6.77. The van der Waals surface area contributed by atoms with Crippen LogP contribution in [0, 0.1) is 18.8 Å². The lowest BCUT2D eigenvalue weighted by Crippen LogP contribution is -2.24. The first-order valence-corrected chi connectivity index (χ1v) is 8.48. The van der Waals surface area contributed by atoms with Crippen molar-refractivity contribution in [3.63, 3.8) is 0 Å². The number of methoxy groups -OCH3 is 1. The van der Waals surface area contributed by atoms with Gasteiger partial charge in [-0.3, -0.25) is 0 Å². The second-order valence-electron chi connectivity index (χ2n) is 6.84. The lowest BCUT2D eigenvalue weighted by atomic mass is 9.81. The maximum Gasteiger partial charge on any atom is 0.123 e. The largest absolute Gasteiger partial charge is 0.496 e. The molecule has 1 fully saturated rings. The predicted molar refractivity (Wildman–Crippen MR) is 89.9 cm³/mol.